The summed E-state index contributed by atoms with van der Waals surface area (Å²) in [5, 5.41) is 0. The van der Waals surface area contributed by atoms with E-state index in [1.807, 2.05) is 77.0 Å². The molecule has 27 heavy (non-hydrogen) atoms. The number of sulfonamides is 1. The standard InChI is InChI=1S/C21H31N3O2S/c1-15-12-17(3)21(13-16(15)2)27(25,26)22-14-20(24(6)7)18-8-10-19(11-9-18)23(4)5/h8-13,20,22H,14H2,1-7H3/t20-/m1/s1. The Balaban J connectivity index is 2.24. The Morgan fingerprint density at radius 2 is 1.44 bits per heavy atom. The Labute approximate surface area is 164 Å². The van der Waals surface area contributed by atoms with Gasteiger partial charge in [0.2, 0.25) is 10.0 Å². The highest BCUT2D eigenvalue weighted by molar-refractivity contribution is 7.89. The number of likely N-dealkylation sites (N-methyl/N-ethyl adjacent to an activating group) is 1. The van der Waals surface area contributed by atoms with E-state index in [-0.39, 0.29) is 6.04 Å². The smallest absolute Gasteiger partial charge is 0.240 e. The van der Waals surface area contributed by atoms with E-state index in [1.165, 1.54) is 0 Å². The van der Waals surface area contributed by atoms with Crippen molar-refractivity contribution in [1.29, 1.82) is 0 Å². The average molecular weight is 390 g/mol. The number of hydrogen-bond donors (Lipinski definition) is 1. The monoisotopic (exact) mass is 389 g/mol. The average Bonchev–Trinajstić information content (AvgIpc) is 2.58. The molecule has 0 fully saturated rings. The third-order valence-corrected chi connectivity index (χ3v) is 6.53. The highest BCUT2D eigenvalue weighted by Gasteiger charge is 2.21. The number of nitrogens with zero attached hydrogens (tertiary/aromatic N) is 2. The van der Waals surface area contributed by atoms with Crippen molar-refractivity contribution in [3.63, 3.8) is 0 Å². The van der Waals surface area contributed by atoms with Crippen molar-refractivity contribution in [1.82, 2.24) is 9.62 Å². The van der Waals surface area contributed by atoms with Gasteiger partial charge in [0, 0.05) is 32.4 Å². The Morgan fingerprint density at radius 3 is 1.96 bits per heavy atom. The van der Waals surface area contributed by atoms with Gasteiger partial charge < -0.3 is 9.80 Å². The largest absolute Gasteiger partial charge is 0.378 e. The Hall–Kier alpha value is -1.89. The molecule has 0 spiro atoms. The van der Waals surface area contributed by atoms with Crippen LogP contribution < -0.4 is 9.62 Å². The number of anilines is 1. The van der Waals surface area contributed by atoms with Gasteiger partial charge in [-0.1, -0.05) is 18.2 Å². The number of aryl methyl sites for hydroxylation is 3. The minimum absolute atomic E-state index is 0.0529. The van der Waals surface area contributed by atoms with Crippen LogP contribution in [0.25, 0.3) is 0 Å². The Morgan fingerprint density at radius 1 is 0.889 bits per heavy atom. The molecule has 1 N–H and O–H groups in total. The van der Waals surface area contributed by atoms with Crippen LogP contribution in [0.2, 0.25) is 0 Å². The number of nitrogens with one attached hydrogen (secondary N) is 1. The van der Waals surface area contributed by atoms with Crippen LogP contribution in [0.15, 0.2) is 41.3 Å². The molecule has 0 bridgehead atoms. The summed E-state index contributed by atoms with van der Waals surface area (Å²) in [6, 6.07) is 11.8. The summed E-state index contributed by atoms with van der Waals surface area (Å²) in [7, 11) is 4.34. The summed E-state index contributed by atoms with van der Waals surface area (Å²) >= 11 is 0. The van der Waals surface area contributed by atoms with Crippen molar-refractivity contribution < 1.29 is 8.42 Å². The first-order chi connectivity index (χ1) is 12.5. The molecule has 6 heteroatoms. The zero-order valence-corrected chi connectivity index (χ0v) is 18.2. The second-order valence-electron chi connectivity index (χ2n) is 7.52. The maximum atomic E-state index is 12.9. The zero-order chi connectivity index (χ0) is 20.4. The fourth-order valence-corrected chi connectivity index (χ4v) is 4.43. The molecule has 0 radical (unpaired) electrons. The van der Waals surface area contributed by atoms with Crippen molar-refractivity contribution >= 4 is 15.7 Å². The number of benzene rings is 2. The molecule has 2 aromatic rings. The van der Waals surface area contributed by atoms with Crippen LogP contribution in [-0.2, 0) is 10.0 Å². The lowest BCUT2D eigenvalue weighted by Crippen LogP contribution is -2.34. The molecule has 2 rings (SSSR count). The van der Waals surface area contributed by atoms with Gasteiger partial charge in [-0.05, 0) is 75.3 Å². The normalized spacial score (nSPS) is 13.0. The second kappa shape index (κ2) is 8.42. The summed E-state index contributed by atoms with van der Waals surface area (Å²) in [4.78, 5) is 4.42. The highest BCUT2D eigenvalue weighted by Crippen LogP contribution is 2.23. The summed E-state index contributed by atoms with van der Waals surface area (Å²) in [5.74, 6) is 0. The van der Waals surface area contributed by atoms with E-state index in [2.05, 4.69) is 16.9 Å². The Kier molecular flexibility index (Phi) is 6.68. The lowest BCUT2D eigenvalue weighted by molar-refractivity contribution is 0.299. The third-order valence-electron chi connectivity index (χ3n) is 4.97. The predicted octanol–water partition coefficient (Wildman–Crippen LogP) is 3.26. The van der Waals surface area contributed by atoms with Gasteiger partial charge in [0.15, 0.2) is 0 Å². The lowest BCUT2D eigenvalue weighted by Gasteiger charge is -2.26. The van der Waals surface area contributed by atoms with E-state index >= 15 is 0 Å². The first-order valence-electron chi connectivity index (χ1n) is 9.04. The van der Waals surface area contributed by atoms with Gasteiger partial charge >= 0.3 is 0 Å². The summed E-state index contributed by atoms with van der Waals surface area (Å²) < 4.78 is 28.6. The van der Waals surface area contributed by atoms with Crippen LogP contribution in [0, 0.1) is 20.8 Å². The predicted molar refractivity (Wildman–Crippen MR) is 113 cm³/mol. The van der Waals surface area contributed by atoms with Crippen LogP contribution in [0.4, 0.5) is 5.69 Å². The van der Waals surface area contributed by atoms with Crippen molar-refractivity contribution in [2.45, 2.75) is 31.7 Å². The van der Waals surface area contributed by atoms with Gasteiger partial charge in [0.25, 0.3) is 0 Å². The summed E-state index contributed by atoms with van der Waals surface area (Å²) in [6.07, 6.45) is 0. The number of hydrogen-bond acceptors (Lipinski definition) is 4. The molecule has 0 saturated carbocycles. The van der Waals surface area contributed by atoms with Crippen LogP contribution in [0.1, 0.15) is 28.3 Å². The van der Waals surface area contributed by atoms with Crippen molar-refractivity contribution in [2.75, 3.05) is 39.6 Å². The van der Waals surface area contributed by atoms with Crippen molar-refractivity contribution in [3.05, 3.63) is 58.7 Å². The van der Waals surface area contributed by atoms with Gasteiger partial charge in [-0.3, -0.25) is 0 Å². The molecular formula is C21H31N3O2S. The van der Waals surface area contributed by atoms with Crippen LogP contribution in [0.5, 0.6) is 0 Å². The fraction of sp³-hybridized carbons (Fsp3) is 0.429. The van der Waals surface area contributed by atoms with Gasteiger partial charge in [-0.25, -0.2) is 13.1 Å². The van der Waals surface area contributed by atoms with Crippen molar-refractivity contribution in [3.8, 4) is 0 Å². The first kappa shape index (κ1) is 21.4. The number of rotatable bonds is 7. The molecule has 0 aliphatic carbocycles. The second-order valence-corrected chi connectivity index (χ2v) is 9.25. The van der Waals surface area contributed by atoms with Gasteiger partial charge in [-0.2, -0.15) is 0 Å². The Bertz CT molecular complexity index is 888. The maximum absolute atomic E-state index is 12.9. The molecule has 0 aliphatic heterocycles. The third kappa shape index (κ3) is 5.09. The van der Waals surface area contributed by atoms with Crippen LogP contribution in [0.3, 0.4) is 0 Å². The molecule has 5 nitrogen and oxygen atoms in total. The first-order valence-corrected chi connectivity index (χ1v) is 10.5. The molecule has 1 atom stereocenters. The molecule has 148 valence electrons. The SMILES string of the molecule is Cc1cc(C)c(S(=O)(=O)NC[C@H](c2ccc(N(C)C)cc2)N(C)C)cc1C. The molecule has 2 aromatic carbocycles. The fourth-order valence-electron chi connectivity index (χ4n) is 3.08. The molecule has 0 aromatic heterocycles. The van der Waals surface area contributed by atoms with E-state index in [0.717, 1.165) is 27.9 Å². The quantitative estimate of drug-likeness (QED) is 0.790. The van der Waals surface area contributed by atoms with Gasteiger partial charge in [0.05, 0.1) is 4.90 Å². The van der Waals surface area contributed by atoms with Gasteiger partial charge in [-0.15, -0.1) is 0 Å². The zero-order valence-electron chi connectivity index (χ0n) is 17.4. The minimum atomic E-state index is -3.57. The molecule has 0 unspecified atom stereocenters. The molecule has 0 saturated heterocycles. The molecule has 0 amide bonds. The van der Waals surface area contributed by atoms with E-state index < -0.39 is 10.0 Å². The summed E-state index contributed by atoms with van der Waals surface area (Å²) in [6.45, 7) is 6.07. The topological polar surface area (TPSA) is 52.7 Å². The van der Waals surface area contributed by atoms with Crippen LogP contribution >= 0.6 is 0 Å². The van der Waals surface area contributed by atoms with Crippen LogP contribution in [-0.4, -0.2) is 48.1 Å². The van der Waals surface area contributed by atoms with E-state index in [1.54, 1.807) is 6.07 Å². The van der Waals surface area contributed by atoms with E-state index in [4.69, 9.17) is 0 Å². The minimum Gasteiger partial charge on any atom is -0.378 e. The molecule has 0 aliphatic rings. The highest BCUT2D eigenvalue weighted by atomic mass is 32.2. The van der Waals surface area contributed by atoms with E-state index in [9.17, 15) is 8.42 Å². The lowest BCUT2D eigenvalue weighted by atomic mass is 10.1. The van der Waals surface area contributed by atoms with Crippen molar-refractivity contribution in [2.24, 2.45) is 0 Å². The molecule has 0 heterocycles. The van der Waals surface area contributed by atoms with E-state index in [0.29, 0.717) is 11.4 Å². The van der Waals surface area contributed by atoms with Gasteiger partial charge in [0.1, 0.15) is 0 Å². The maximum Gasteiger partial charge on any atom is 0.240 e. The molecular weight excluding hydrogens is 358 g/mol. The summed E-state index contributed by atoms with van der Waals surface area (Å²) in [5.41, 5.74) is 5.03.